The Bertz CT molecular complexity index is 1760. The van der Waals surface area contributed by atoms with Gasteiger partial charge in [-0.25, -0.2) is 14.4 Å². The van der Waals surface area contributed by atoms with E-state index in [1.54, 1.807) is 19.2 Å². The maximum Gasteiger partial charge on any atom is 0.251 e. The van der Waals surface area contributed by atoms with Crippen LogP contribution in [0.25, 0.3) is 33.6 Å². The molecular formula is C34H42FN7O3. The van der Waals surface area contributed by atoms with Gasteiger partial charge in [0.2, 0.25) is 5.91 Å². The smallest absolute Gasteiger partial charge is 0.251 e. The molecule has 1 saturated heterocycles. The van der Waals surface area contributed by atoms with Crippen molar-refractivity contribution in [3.8, 4) is 17.3 Å². The highest BCUT2D eigenvalue weighted by Gasteiger charge is 2.36. The lowest BCUT2D eigenvalue weighted by molar-refractivity contribution is -0.131. The number of fused-ring (bicyclic) bond motifs is 3. The fourth-order valence-electron chi connectivity index (χ4n) is 7.35. The summed E-state index contributed by atoms with van der Waals surface area (Å²) in [5.74, 6) is 1.66. The number of methoxy groups -OCH3 is 1. The van der Waals surface area contributed by atoms with Gasteiger partial charge in [-0.15, -0.1) is 0 Å². The van der Waals surface area contributed by atoms with Crippen molar-refractivity contribution in [1.82, 2.24) is 35.1 Å². The molecule has 4 aromatic rings. The number of piperidine rings is 1. The molecule has 45 heavy (non-hydrogen) atoms. The lowest BCUT2D eigenvalue weighted by Crippen LogP contribution is -2.52. The number of halogens is 1. The van der Waals surface area contributed by atoms with Gasteiger partial charge in [-0.2, -0.15) is 0 Å². The largest absolute Gasteiger partial charge is 0.494 e. The van der Waals surface area contributed by atoms with Crippen molar-refractivity contribution in [2.24, 2.45) is 18.9 Å². The van der Waals surface area contributed by atoms with Crippen LogP contribution in [-0.2, 0) is 18.4 Å². The third-order valence-electron chi connectivity index (χ3n) is 10.1. The van der Waals surface area contributed by atoms with Gasteiger partial charge in [0.1, 0.15) is 23.1 Å². The molecule has 5 atom stereocenters. The Labute approximate surface area is 262 Å². The first-order valence-electron chi connectivity index (χ1n) is 16.3. The maximum atomic E-state index is 14.5. The summed E-state index contributed by atoms with van der Waals surface area (Å²) in [6, 6.07) is 8.86. The highest BCUT2D eigenvalue weighted by Crippen LogP contribution is 2.39. The van der Waals surface area contributed by atoms with E-state index >= 15 is 0 Å². The number of rotatable bonds is 4. The van der Waals surface area contributed by atoms with Gasteiger partial charge in [0, 0.05) is 37.0 Å². The second-order valence-corrected chi connectivity index (χ2v) is 13.0. The Hall–Kier alpha value is -3.99. The van der Waals surface area contributed by atoms with E-state index in [0.717, 1.165) is 78.8 Å². The molecule has 5 heterocycles. The minimum Gasteiger partial charge on any atom is -0.494 e. The minimum absolute atomic E-state index is 0.126. The molecule has 2 bridgehead atoms. The molecule has 1 unspecified atom stereocenters. The number of carbonyl (C=O) groups excluding carboxylic acids is 2. The summed E-state index contributed by atoms with van der Waals surface area (Å²) in [6.45, 7) is 3.79. The fraction of sp³-hybridized carbons (Fsp3) is 0.529. The Morgan fingerprint density at radius 3 is 2.73 bits per heavy atom. The van der Waals surface area contributed by atoms with Crippen LogP contribution < -0.4 is 20.7 Å². The molecule has 1 aliphatic carbocycles. The van der Waals surface area contributed by atoms with E-state index in [1.165, 1.54) is 0 Å². The number of benzene rings is 1. The molecule has 3 N–H and O–H groups in total. The quantitative estimate of drug-likeness (QED) is 0.304. The lowest BCUT2D eigenvalue weighted by atomic mass is 9.70. The van der Waals surface area contributed by atoms with E-state index < -0.39 is 12.2 Å². The molecule has 10 nitrogen and oxygen atoms in total. The van der Waals surface area contributed by atoms with Crippen LogP contribution in [0.1, 0.15) is 74.0 Å². The van der Waals surface area contributed by atoms with Crippen LogP contribution in [0.5, 0.6) is 5.75 Å². The van der Waals surface area contributed by atoms with Crippen LogP contribution in [-0.4, -0.2) is 63.3 Å². The number of aryl methyl sites for hydroxylation is 2. The minimum atomic E-state index is -1.09. The Morgan fingerprint density at radius 2 is 1.96 bits per heavy atom. The van der Waals surface area contributed by atoms with E-state index in [-0.39, 0.29) is 23.8 Å². The molecule has 0 radical (unpaired) electrons. The van der Waals surface area contributed by atoms with Crippen molar-refractivity contribution in [2.45, 2.75) is 76.7 Å². The standard InChI is InChI=1S/C34H42FN7O3/c1-19-25-11-9-21-16-28(42(31(21)38-25)14-6-4-5-7-20-8-10-23(20)34(44)37-19)32-39-26-15-22(17-29(45-3)30(26)41(32)2)33(43)40-27-18-36-13-12-24(27)35/h9,11,15-17,19-20,23-24,27,36H,4-8,10,12-14,18H2,1-3H3,(H,37,44)(H,40,43)/t19-,20+,23?,24+,27+/m1/s1. The summed E-state index contributed by atoms with van der Waals surface area (Å²) in [6.07, 6.45) is 5.66. The number of hydrogen-bond donors (Lipinski definition) is 3. The van der Waals surface area contributed by atoms with Gasteiger partial charge in [-0.05, 0) is 81.8 Å². The van der Waals surface area contributed by atoms with Crippen LogP contribution >= 0.6 is 0 Å². The maximum absolute atomic E-state index is 14.5. The van der Waals surface area contributed by atoms with Gasteiger partial charge in [-0.3, -0.25) is 9.59 Å². The molecule has 3 aliphatic rings. The van der Waals surface area contributed by atoms with E-state index in [9.17, 15) is 14.0 Å². The average Bonchev–Trinajstić information content (AvgIpc) is 3.54. The normalized spacial score (nSPS) is 25.8. The number of alkyl halides is 1. The van der Waals surface area contributed by atoms with Crippen molar-refractivity contribution in [1.29, 1.82) is 0 Å². The van der Waals surface area contributed by atoms with Gasteiger partial charge in [0.25, 0.3) is 5.91 Å². The number of amides is 2. The molecule has 238 valence electrons. The molecule has 2 fully saturated rings. The average molecular weight is 616 g/mol. The molecule has 1 aromatic carbocycles. The summed E-state index contributed by atoms with van der Waals surface area (Å²) >= 11 is 0. The third-order valence-corrected chi connectivity index (χ3v) is 10.1. The first-order valence-corrected chi connectivity index (χ1v) is 16.3. The molecule has 7 rings (SSSR count). The molecule has 0 spiro atoms. The molecule has 11 heteroatoms. The van der Waals surface area contributed by atoms with Gasteiger partial charge in [0.05, 0.1) is 36.1 Å². The SMILES string of the molecule is COc1cc(C(=O)N[C@H]2CNCC[C@@H]2F)cc2nc(-c3cc4ccc5nc4n3CCCCC[C@H]3CCC3C(=O)N[C@@H]5C)n(C)c12. The van der Waals surface area contributed by atoms with Gasteiger partial charge in [-0.1, -0.05) is 12.8 Å². The Morgan fingerprint density at radius 1 is 1.09 bits per heavy atom. The van der Waals surface area contributed by atoms with Crippen molar-refractivity contribution in [3.63, 3.8) is 0 Å². The van der Waals surface area contributed by atoms with Crippen LogP contribution in [0, 0.1) is 11.8 Å². The zero-order chi connectivity index (χ0) is 31.2. The zero-order valence-electron chi connectivity index (χ0n) is 26.2. The predicted molar refractivity (Wildman–Crippen MR) is 171 cm³/mol. The van der Waals surface area contributed by atoms with Crippen molar-refractivity contribution >= 4 is 33.9 Å². The number of nitrogens with zero attached hydrogens (tertiary/aromatic N) is 4. The van der Waals surface area contributed by atoms with Gasteiger partial charge < -0.3 is 29.8 Å². The van der Waals surface area contributed by atoms with Crippen molar-refractivity contribution in [3.05, 3.63) is 41.6 Å². The summed E-state index contributed by atoms with van der Waals surface area (Å²) in [7, 11) is 3.53. The van der Waals surface area contributed by atoms with Crippen LogP contribution in [0.4, 0.5) is 4.39 Å². The van der Waals surface area contributed by atoms with Crippen LogP contribution in [0.3, 0.4) is 0 Å². The van der Waals surface area contributed by atoms with Gasteiger partial charge >= 0.3 is 0 Å². The summed E-state index contributed by atoms with van der Waals surface area (Å²) in [4.78, 5) is 36.4. The highest BCUT2D eigenvalue weighted by atomic mass is 19.1. The molecule has 2 aliphatic heterocycles. The van der Waals surface area contributed by atoms with Crippen LogP contribution in [0.2, 0.25) is 0 Å². The van der Waals surface area contributed by atoms with Gasteiger partial charge in [0.15, 0.2) is 5.82 Å². The third kappa shape index (κ3) is 5.45. The Kier molecular flexibility index (Phi) is 7.97. The van der Waals surface area contributed by atoms with E-state index in [2.05, 4.69) is 32.7 Å². The van der Waals surface area contributed by atoms with Crippen molar-refractivity contribution < 1.29 is 18.7 Å². The molecular weight excluding hydrogens is 573 g/mol. The van der Waals surface area contributed by atoms with E-state index in [1.807, 2.05) is 24.6 Å². The monoisotopic (exact) mass is 615 g/mol. The highest BCUT2D eigenvalue weighted by molar-refractivity contribution is 6.00. The van der Waals surface area contributed by atoms with E-state index in [0.29, 0.717) is 42.3 Å². The first kappa shape index (κ1) is 29.7. The number of imidazole rings is 1. The first-order chi connectivity index (χ1) is 21.8. The Balaban J connectivity index is 1.27. The predicted octanol–water partition coefficient (Wildman–Crippen LogP) is 4.81. The molecule has 3 aromatic heterocycles. The lowest BCUT2D eigenvalue weighted by Gasteiger charge is -2.36. The number of aromatic nitrogens is 4. The molecule has 2 amide bonds. The zero-order valence-corrected chi connectivity index (χ0v) is 26.2. The second kappa shape index (κ2) is 12.1. The second-order valence-electron chi connectivity index (χ2n) is 13.0. The molecule has 1 saturated carbocycles. The fourth-order valence-corrected chi connectivity index (χ4v) is 7.35. The number of carbonyl (C=O) groups is 2. The van der Waals surface area contributed by atoms with E-state index in [4.69, 9.17) is 14.7 Å². The number of pyridine rings is 1. The number of hydrogen-bond acceptors (Lipinski definition) is 6. The topological polar surface area (TPSA) is 115 Å². The summed E-state index contributed by atoms with van der Waals surface area (Å²) in [5, 5.41) is 10.2. The number of nitrogens with one attached hydrogen (secondary N) is 3. The van der Waals surface area contributed by atoms with Crippen LogP contribution in [0.15, 0.2) is 30.3 Å². The van der Waals surface area contributed by atoms with Crippen molar-refractivity contribution in [2.75, 3.05) is 20.2 Å². The number of ether oxygens (including phenoxy) is 1. The summed E-state index contributed by atoms with van der Waals surface area (Å²) < 4.78 is 24.5. The summed E-state index contributed by atoms with van der Waals surface area (Å²) in [5.41, 5.74) is 4.39.